The monoisotopic (exact) mass is 239 g/mol. The topological polar surface area (TPSA) is 38.2 Å². The minimum absolute atomic E-state index is 0.574. The highest BCUT2D eigenvalue weighted by Crippen LogP contribution is 2.15. The molecule has 0 radical (unpaired) electrons. The van der Waals surface area contributed by atoms with Crippen LogP contribution in [-0.4, -0.2) is 48.1 Å². The smallest absolute Gasteiger partial charge is 0.233 e. The number of rotatable bonds is 7. The Balaban J connectivity index is 2.35. The van der Waals surface area contributed by atoms with E-state index in [0.717, 1.165) is 17.3 Å². The van der Waals surface area contributed by atoms with E-state index in [2.05, 4.69) is 21.7 Å². The molecule has 4 nitrogen and oxygen atoms in total. The third-order valence-corrected chi connectivity index (χ3v) is 2.67. The second kappa shape index (κ2) is 7.24. The number of hydrogen-bond acceptors (Lipinski definition) is 5. The van der Waals surface area contributed by atoms with Gasteiger partial charge in [-0.15, -0.1) is 28.5 Å². The molecule has 16 heavy (non-hydrogen) atoms. The fourth-order valence-electron chi connectivity index (χ4n) is 0.939. The lowest BCUT2D eigenvalue weighted by Gasteiger charge is -2.09. The standard InChI is InChI=1S/C11H17N3OS/c1-4-9-16-11-6-5-10(12-13-11)15-8-7-14(2)3/h4-6H,1,7-9H2,2-3H3. The number of thioether (sulfide) groups is 1. The quantitative estimate of drug-likeness (QED) is 0.535. The maximum atomic E-state index is 5.43. The van der Waals surface area contributed by atoms with Crippen LogP contribution in [0.3, 0.4) is 0 Å². The molecule has 1 rings (SSSR count). The van der Waals surface area contributed by atoms with Crippen molar-refractivity contribution < 1.29 is 4.74 Å². The molecule has 0 aliphatic rings. The summed E-state index contributed by atoms with van der Waals surface area (Å²) in [6, 6.07) is 3.75. The van der Waals surface area contributed by atoms with Gasteiger partial charge < -0.3 is 9.64 Å². The van der Waals surface area contributed by atoms with E-state index in [1.165, 1.54) is 0 Å². The van der Waals surface area contributed by atoms with E-state index >= 15 is 0 Å². The van der Waals surface area contributed by atoms with Crippen LogP contribution in [0.25, 0.3) is 0 Å². The fourth-order valence-corrected chi connectivity index (χ4v) is 1.49. The summed E-state index contributed by atoms with van der Waals surface area (Å²) in [7, 11) is 4.01. The van der Waals surface area contributed by atoms with Gasteiger partial charge in [0.05, 0.1) is 0 Å². The average Bonchev–Trinajstić information content (AvgIpc) is 2.27. The molecule has 0 unspecified atom stereocenters. The van der Waals surface area contributed by atoms with Crippen LogP contribution in [0.2, 0.25) is 0 Å². The van der Waals surface area contributed by atoms with Gasteiger partial charge >= 0.3 is 0 Å². The molecular weight excluding hydrogens is 222 g/mol. The summed E-state index contributed by atoms with van der Waals surface area (Å²) >= 11 is 1.60. The van der Waals surface area contributed by atoms with Crippen molar-refractivity contribution in [3.8, 4) is 5.88 Å². The molecule has 1 aromatic heterocycles. The molecule has 0 saturated heterocycles. The minimum Gasteiger partial charge on any atom is -0.475 e. The summed E-state index contributed by atoms with van der Waals surface area (Å²) in [6.45, 7) is 5.15. The molecule has 1 heterocycles. The minimum atomic E-state index is 0.574. The highest BCUT2D eigenvalue weighted by Gasteiger charge is 1.99. The average molecular weight is 239 g/mol. The predicted octanol–water partition coefficient (Wildman–Crippen LogP) is 1.70. The van der Waals surface area contributed by atoms with Gasteiger partial charge in [-0.05, 0) is 20.2 Å². The predicted molar refractivity (Wildman–Crippen MR) is 67.0 cm³/mol. The highest BCUT2D eigenvalue weighted by atomic mass is 32.2. The Labute approximate surface area is 101 Å². The Morgan fingerprint density at radius 3 is 2.81 bits per heavy atom. The van der Waals surface area contributed by atoms with Crippen molar-refractivity contribution in [1.29, 1.82) is 0 Å². The SMILES string of the molecule is C=CCSc1ccc(OCCN(C)C)nn1. The molecule has 0 saturated carbocycles. The van der Waals surface area contributed by atoms with Crippen LogP contribution in [-0.2, 0) is 0 Å². The first-order chi connectivity index (χ1) is 7.72. The van der Waals surface area contributed by atoms with Gasteiger partial charge in [-0.25, -0.2) is 0 Å². The van der Waals surface area contributed by atoms with Gasteiger partial charge in [0.1, 0.15) is 11.6 Å². The largest absolute Gasteiger partial charge is 0.475 e. The summed E-state index contributed by atoms with van der Waals surface area (Å²) in [5, 5.41) is 8.91. The van der Waals surface area contributed by atoms with Crippen LogP contribution in [0.4, 0.5) is 0 Å². The molecule has 0 amide bonds. The molecule has 0 fully saturated rings. The van der Waals surface area contributed by atoms with E-state index in [1.54, 1.807) is 11.8 Å². The molecule has 5 heteroatoms. The number of aromatic nitrogens is 2. The van der Waals surface area contributed by atoms with Crippen LogP contribution in [0.15, 0.2) is 29.8 Å². The summed E-state index contributed by atoms with van der Waals surface area (Å²) in [4.78, 5) is 2.06. The lowest BCUT2D eigenvalue weighted by atomic mass is 10.5. The van der Waals surface area contributed by atoms with Crippen LogP contribution < -0.4 is 4.74 Å². The van der Waals surface area contributed by atoms with E-state index in [-0.39, 0.29) is 0 Å². The van der Waals surface area contributed by atoms with Gasteiger partial charge in [-0.1, -0.05) is 6.08 Å². The molecule has 0 aliphatic heterocycles. The van der Waals surface area contributed by atoms with E-state index in [9.17, 15) is 0 Å². The number of ether oxygens (including phenoxy) is 1. The number of hydrogen-bond donors (Lipinski definition) is 0. The van der Waals surface area contributed by atoms with Crippen molar-refractivity contribution in [3.05, 3.63) is 24.8 Å². The summed E-state index contributed by atoms with van der Waals surface area (Å²) in [6.07, 6.45) is 1.84. The first kappa shape index (κ1) is 13.0. The van der Waals surface area contributed by atoms with Gasteiger partial charge in [0.15, 0.2) is 0 Å². The van der Waals surface area contributed by atoms with E-state index in [1.807, 2.05) is 32.3 Å². The van der Waals surface area contributed by atoms with Crippen molar-refractivity contribution in [2.45, 2.75) is 5.03 Å². The van der Waals surface area contributed by atoms with Crippen LogP contribution in [0.1, 0.15) is 0 Å². The van der Waals surface area contributed by atoms with Crippen molar-refractivity contribution >= 4 is 11.8 Å². The van der Waals surface area contributed by atoms with E-state index < -0.39 is 0 Å². The molecule has 0 atom stereocenters. The lowest BCUT2D eigenvalue weighted by Crippen LogP contribution is -2.19. The van der Waals surface area contributed by atoms with Crippen molar-refractivity contribution in [2.24, 2.45) is 0 Å². The number of nitrogens with zero attached hydrogens (tertiary/aromatic N) is 3. The zero-order valence-electron chi connectivity index (χ0n) is 9.72. The zero-order chi connectivity index (χ0) is 11.8. The van der Waals surface area contributed by atoms with Crippen molar-refractivity contribution in [3.63, 3.8) is 0 Å². The second-order valence-electron chi connectivity index (χ2n) is 3.46. The van der Waals surface area contributed by atoms with Crippen molar-refractivity contribution in [2.75, 3.05) is 33.0 Å². The third kappa shape index (κ3) is 5.14. The first-order valence-electron chi connectivity index (χ1n) is 5.07. The van der Waals surface area contributed by atoms with Gasteiger partial charge in [-0.3, -0.25) is 0 Å². The molecule has 0 spiro atoms. The summed E-state index contributed by atoms with van der Waals surface area (Å²) < 4.78 is 5.43. The maximum Gasteiger partial charge on any atom is 0.233 e. The Hall–Kier alpha value is -1.07. The molecule has 0 bridgehead atoms. The highest BCUT2D eigenvalue weighted by molar-refractivity contribution is 7.99. The molecule has 0 aliphatic carbocycles. The summed E-state index contributed by atoms with van der Waals surface area (Å²) in [5.74, 6) is 1.42. The Morgan fingerprint density at radius 2 is 2.25 bits per heavy atom. The van der Waals surface area contributed by atoms with Gasteiger partial charge in [-0.2, -0.15) is 0 Å². The van der Waals surface area contributed by atoms with Crippen LogP contribution in [0, 0.1) is 0 Å². The fraction of sp³-hybridized carbons (Fsp3) is 0.455. The van der Waals surface area contributed by atoms with Gasteiger partial charge in [0.25, 0.3) is 0 Å². The Kier molecular flexibility index (Phi) is 5.88. The Morgan fingerprint density at radius 1 is 1.44 bits per heavy atom. The number of likely N-dealkylation sites (N-methyl/N-ethyl adjacent to an activating group) is 1. The first-order valence-corrected chi connectivity index (χ1v) is 6.06. The Bertz CT molecular complexity index is 314. The van der Waals surface area contributed by atoms with E-state index in [4.69, 9.17) is 4.74 Å². The van der Waals surface area contributed by atoms with Gasteiger partial charge in [0.2, 0.25) is 5.88 Å². The normalized spacial score (nSPS) is 10.4. The molecule has 1 aromatic rings. The van der Waals surface area contributed by atoms with Crippen LogP contribution in [0.5, 0.6) is 5.88 Å². The van der Waals surface area contributed by atoms with Crippen molar-refractivity contribution in [1.82, 2.24) is 15.1 Å². The van der Waals surface area contributed by atoms with Gasteiger partial charge in [0, 0.05) is 18.4 Å². The second-order valence-corrected chi connectivity index (χ2v) is 4.50. The zero-order valence-corrected chi connectivity index (χ0v) is 10.5. The van der Waals surface area contributed by atoms with Crippen LogP contribution >= 0.6 is 11.8 Å². The molecule has 88 valence electrons. The maximum absolute atomic E-state index is 5.43. The summed E-state index contributed by atoms with van der Waals surface area (Å²) in [5.41, 5.74) is 0. The molecule has 0 aromatic carbocycles. The molecule has 0 N–H and O–H groups in total. The molecular formula is C11H17N3OS. The third-order valence-electron chi connectivity index (χ3n) is 1.75. The van der Waals surface area contributed by atoms with E-state index in [0.29, 0.717) is 12.5 Å². The lowest BCUT2D eigenvalue weighted by molar-refractivity contribution is 0.251.